The molecule has 0 bridgehead atoms. The minimum Gasteiger partial charge on any atom is -0.480 e. The van der Waals surface area contributed by atoms with Gasteiger partial charge in [0.25, 0.3) is 0 Å². The summed E-state index contributed by atoms with van der Waals surface area (Å²) in [4.78, 5) is 45.9. The summed E-state index contributed by atoms with van der Waals surface area (Å²) < 4.78 is 38.4. The Bertz CT molecular complexity index is 1030. The largest absolute Gasteiger partial charge is 0.480 e. The van der Waals surface area contributed by atoms with Crippen molar-refractivity contribution in [2.24, 2.45) is 5.73 Å². The third-order valence-corrected chi connectivity index (χ3v) is 10.4. The summed E-state index contributed by atoms with van der Waals surface area (Å²) in [6.07, 6.45) is 31.6. The van der Waals surface area contributed by atoms with Gasteiger partial charge >= 0.3 is 25.7 Å². The van der Waals surface area contributed by atoms with Crippen LogP contribution in [0.3, 0.4) is 0 Å². The summed E-state index contributed by atoms with van der Waals surface area (Å²) in [7, 11) is -4.72. The Morgan fingerprint density at radius 3 is 1.77 bits per heavy atom. The van der Waals surface area contributed by atoms with Crippen molar-refractivity contribution in [3.05, 3.63) is 12.2 Å². The molecule has 1 fully saturated rings. The first-order chi connectivity index (χ1) is 25.6. The predicted molar refractivity (Wildman–Crippen MR) is 207 cm³/mol. The third kappa shape index (κ3) is 30.1. The molecule has 1 rings (SSSR count). The van der Waals surface area contributed by atoms with Crippen LogP contribution in [0, 0.1) is 0 Å². The van der Waals surface area contributed by atoms with Crippen LogP contribution >= 0.6 is 7.82 Å². The molecule has 4 N–H and O–H groups in total. The smallest absolute Gasteiger partial charge is 0.472 e. The maximum atomic E-state index is 12.6. The lowest BCUT2D eigenvalue weighted by atomic mass is 10.0. The number of hydrogen-bond donors (Lipinski definition) is 3. The van der Waals surface area contributed by atoms with Gasteiger partial charge in [-0.1, -0.05) is 142 Å². The Morgan fingerprint density at radius 1 is 0.679 bits per heavy atom. The van der Waals surface area contributed by atoms with Crippen LogP contribution in [0.5, 0.6) is 0 Å². The molecule has 0 radical (unpaired) electrons. The number of ether oxygens (including phenoxy) is 3. The lowest BCUT2D eigenvalue weighted by Crippen LogP contribution is -2.34. The van der Waals surface area contributed by atoms with Crippen molar-refractivity contribution in [2.45, 2.75) is 205 Å². The van der Waals surface area contributed by atoms with E-state index in [4.69, 9.17) is 29.6 Å². The number of phosphoric acid groups is 1. The number of epoxide rings is 1. The molecular formula is C40H74NO11P. The molecule has 0 saturated carbocycles. The molecule has 1 aliphatic rings. The van der Waals surface area contributed by atoms with Crippen LogP contribution in [0.25, 0.3) is 0 Å². The highest BCUT2D eigenvalue weighted by Gasteiger charge is 2.36. The second-order valence-electron chi connectivity index (χ2n) is 14.5. The third-order valence-electron chi connectivity index (χ3n) is 9.44. The van der Waals surface area contributed by atoms with Crippen LogP contribution in [-0.2, 0) is 42.2 Å². The van der Waals surface area contributed by atoms with Crippen molar-refractivity contribution in [3.63, 3.8) is 0 Å². The Balaban J connectivity index is 2.29. The van der Waals surface area contributed by atoms with Crippen LogP contribution in [0.2, 0.25) is 0 Å². The lowest BCUT2D eigenvalue weighted by molar-refractivity contribution is -0.161. The van der Waals surface area contributed by atoms with E-state index < -0.39 is 51.1 Å². The van der Waals surface area contributed by atoms with Gasteiger partial charge in [-0.2, -0.15) is 0 Å². The predicted octanol–water partition coefficient (Wildman–Crippen LogP) is 9.49. The zero-order valence-corrected chi connectivity index (χ0v) is 34.0. The number of phosphoric ester groups is 1. The van der Waals surface area contributed by atoms with Crippen molar-refractivity contribution < 1.29 is 52.2 Å². The number of rotatable bonds is 38. The molecule has 0 aromatic carbocycles. The molecule has 0 aliphatic carbocycles. The quantitative estimate of drug-likeness (QED) is 0.0178. The maximum Gasteiger partial charge on any atom is 0.472 e. The Hall–Kier alpha value is -1.82. The van der Waals surface area contributed by atoms with Gasteiger partial charge in [0.05, 0.1) is 25.4 Å². The minimum atomic E-state index is -4.72. The highest BCUT2D eigenvalue weighted by atomic mass is 31.2. The molecule has 0 aromatic rings. The van der Waals surface area contributed by atoms with E-state index in [1.807, 2.05) is 0 Å². The van der Waals surface area contributed by atoms with Gasteiger partial charge in [-0.15, -0.1) is 0 Å². The summed E-state index contributed by atoms with van der Waals surface area (Å²) in [6.45, 7) is 2.75. The van der Waals surface area contributed by atoms with Crippen molar-refractivity contribution in [2.75, 3.05) is 19.8 Å². The van der Waals surface area contributed by atoms with Gasteiger partial charge in [-0.3, -0.25) is 23.4 Å². The second-order valence-corrected chi connectivity index (χ2v) is 16.0. The van der Waals surface area contributed by atoms with Crippen LogP contribution in [0.15, 0.2) is 12.2 Å². The summed E-state index contributed by atoms with van der Waals surface area (Å²) in [6, 6.07) is -1.52. The molecule has 1 heterocycles. The zero-order chi connectivity index (χ0) is 39.0. The van der Waals surface area contributed by atoms with Gasteiger partial charge in [-0.25, -0.2) is 4.57 Å². The molecule has 5 atom stereocenters. The number of nitrogens with two attached hydrogens (primary N) is 1. The molecule has 13 heteroatoms. The fraction of sp³-hybridized carbons (Fsp3) is 0.875. The van der Waals surface area contributed by atoms with Crippen LogP contribution in [0.4, 0.5) is 0 Å². The average molecular weight is 776 g/mol. The normalized spacial score (nSPS) is 17.7. The van der Waals surface area contributed by atoms with E-state index in [0.717, 1.165) is 57.8 Å². The van der Waals surface area contributed by atoms with Gasteiger partial charge in [0.1, 0.15) is 12.6 Å². The Kier molecular flexibility index (Phi) is 30.1. The summed E-state index contributed by atoms with van der Waals surface area (Å²) >= 11 is 0. The van der Waals surface area contributed by atoms with E-state index in [9.17, 15) is 23.8 Å². The van der Waals surface area contributed by atoms with E-state index in [0.29, 0.717) is 25.0 Å². The number of carbonyl (C=O) groups excluding carboxylic acids is 2. The first-order valence-electron chi connectivity index (χ1n) is 20.8. The van der Waals surface area contributed by atoms with Crippen molar-refractivity contribution in [1.29, 1.82) is 0 Å². The fourth-order valence-electron chi connectivity index (χ4n) is 6.01. The molecule has 310 valence electrons. The maximum absolute atomic E-state index is 12.6. The Labute approximate surface area is 320 Å². The molecule has 1 saturated heterocycles. The van der Waals surface area contributed by atoms with Gasteiger partial charge in [-0.05, 0) is 38.5 Å². The number of hydrogen-bond acceptors (Lipinski definition) is 10. The second kappa shape index (κ2) is 32.4. The molecular weight excluding hydrogens is 701 g/mol. The topological polar surface area (TPSA) is 184 Å². The molecule has 0 amide bonds. The Morgan fingerprint density at radius 2 is 1.19 bits per heavy atom. The highest BCUT2D eigenvalue weighted by Crippen LogP contribution is 2.43. The van der Waals surface area contributed by atoms with E-state index in [1.165, 1.54) is 83.5 Å². The van der Waals surface area contributed by atoms with E-state index >= 15 is 0 Å². The first kappa shape index (κ1) is 49.2. The minimum absolute atomic E-state index is 0.144. The zero-order valence-electron chi connectivity index (χ0n) is 33.1. The number of allylic oxidation sites excluding steroid dienone is 1. The van der Waals surface area contributed by atoms with Crippen LogP contribution in [0.1, 0.15) is 181 Å². The summed E-state index contributed by atoms with van der Waals surface area (Å²) in [5, 5.41) is 8.87. The molecule has 0 aromatic heterocycles. The van der Waals surface area contributed by atoms with Crippen molar-refractivity contribution in [1.82, 2.24) is 0 Å². The summed E-state index contributed by atoms with van der Waals surface area (Å²) in [5.41, 5.74) is 5.32. The van der Waals surface area contributed by atoms with E-state index in [1.54, 1.807) is 0 Å². The monoisotopic (exact) mass is 775 g/mol. The van der Waals surface area contributed by atoms with E-state index in [2.05, 4.69) is 30.5 Å². The molecule has 1 aliphatic heterocycles. The van der Waals surface area contributed by atoms with E-state index in [-0.39, 0.29) is 19.4 Å². The fourth-order valence-corrected chi connectivity index (χ4v) is 6.79. The number of carboxylic acids is 1. The van der Waals surface area contributed by atoms with Gasteiger partial charge in [0.2, 0.25) is 0 Å². The standard InChI is InChI=1S/C40H74NO11P/c1-3-5-7-8-9-10-11-12-13-14-18-21-25-29-38(42)48-31-34(32-49-53(46,47)50-33-35(41)40(44)45)51-39(43)30-26-22-19-16-15-17-20-24-28-37-36(52-37)27-23-6-4-2/h20,24,34-37H,3-19,21-23,25-33,41H2,1-2H3,(H,44,45)(H,46,47)/b24-20-. The van der Waals surface area contributed by atoms with Gasteiger partial charge < -0.3 is 29.9 Å². The summed E-state index contributed by atoms with van der Waals surface area (Å²) in [5.74, 6) is -2.40. The molecule has 12 nitrogen and oxygen atoms in total. The lowest BCUT2D eigenvalue weighted by Gasteiger charge is -2.20. The first-order valence-corrected chi connectivity index (χ1v) is 22.3. The average Bonchev–Trinajstić information content (AvgIpc) is 3.88. The van der Waals surface area contributed by atoms with Crippen molar-refractivity contribution in [3.8, 4) is 0 Å². The molecule has 53 heavy (non-hydrogen) atoms. The van der Waals surface area contributed by atoms with Crippen LogP contribution in [-0.4, -0.2) is 72.1 Å². The number of carbonyl (C=O) groups is 3. The van der Waals surface area contributed by atoms with Crippen molar-refractivity contribution >= 4 is 25.7 Å². The van der Waals surface area contributed by atoms with Crippen LogP contribution < -0.4 is 5.73 Å². The number of esters is 2. The molecule has 0 spiro atoms. The van der Waals surface area contributed by atoms with Gasteiger partial charge in [0.15, 0.2) is 6.10 Å². The number of unbranched alkanes of at least 4 members (excludes halogenated alkanes) is 19. The number of carboxylic acid groups (broad SMARTS) is 1. The number of aliphatic carboxylic acids is 1. The SMILES string of the molecule is CCCCCCCCCCCCCCCC(=O)OCC(COP(=O)(O)OCC(N)C(=O)O)OC(=O)CCCCCCC/C=C\CC1OC1CCCCC. The highest BCUT2D eigenvalue weighted by molar-refractivity contribution is 7.47. The molecule has 5 unspecified atom stereocenters. The van der Waals surface area contributed by atoms with Gasteiger partial charge in [0, 0.05) is 12.8 Å².